The number of benzene rings is 1. The lowest BCUT2D eigenvalue weighted by atomic mass is 9.98. The molecule has 1 aromatic rings. The van der Waals surface area contributed by atoms with Crippen LogP contribution in [0.1, 0.15) is 25.6 Å². The molecule has 5 atom stereocenters. The molecule has 8 nitrogen and oxygen atoms in total. The Balaban J connectivity index is 2.27. The van der Waals surface area contributed by atoms with Gasteiger partial charge in [-0.3, -0.25) is 14.4 Å². The summed E-state index contributed by atoms with van der Waals surface area (Å²) in [5, 5.41) is 10.5. The highest BCUT2D eigenvalue weighted by Crippen LogP contribution is 2.30. The Morgan fingerprint density at radius 1 is 1.12 bits per heavy atom. The molecule has 2 unspecified atom stereocenters. The Morgan fingerprint density at radius 3 is 2.32 bits per heavy atom. The van der Waals surface area contributed by atoms with Crippen molar-refractivity contribution in [2.24, 2.45) is 0 Å². The first-order chi connectivity index (χ1) is 12.3. The van der Waals surface area contributed by atoms with Gasteiger partial charge in [0, 0.05) is 26.5 Å². The van der Waals surface area contributed by atoms with Gasteiger partial charge < -0.3 is 24.1 Å². The largest absolute Gasteiger partial charge is 0.453 e. The predicted molar refractivity (Wildman–Crippen MR) is 83.6 cm³/mol. The van der Waals surface area contributed by atoms with Crippen LogP contribution in [0.4, 0.5) is 0 Å². The number of carbonyl (C=O) groups excluding carboxylic acids is 3. The molecule has 1 aromatic carbocycles. The molecule has 1 heterocycles. The van der Waals surface area contributed by atoms with Gasteiger partial charge in [0.15, 0.2) is 11.9 Å². The summed E-state index contributed by atoms with van der Waals surface area (Å²) in [5.74, 6) is -2.04. The first-order valence-electron chi connectivity index (χ1n) is 8.24. The van der Waals surface area contributed by atoms with E-state index in [1.54, 1.807) is 18.2 Å². The molecule has 25 heavy (non-hydrogen) atoms. The second kappa shape index (κ2) is 8.19. The highest BCUT2D eigenvalue weighted by atomic mass is 16.7. The van der Waals surface area contributed by atoms with Crippen LogP contribution < -0.4 is 0 Å². The Kier molecular flexibility index (Phi) is 5.75. The second-order valence-corrected chi connectivity index (χ2v) is 5.46. The first-order valence-corrected chi connectivity index (χ1v) is 7.53. The van der Waals surface area contributed by atoms with Gasteiger partial charge in [-0.05, 0) is 0 Å². The monoisotopic (exact) mass is 353 g/mol. The van der Waals surface area contributed by atoms with Crippen molar-refractivity contribution in [1.29, 1.82) is 0 Å². The van der Waals surface area contributed by atoms with E-state index in [-0.39, 0.29) is 5.56 Å². The maximum absolute atomic E-state index is 12.5. The molecule has 0 aromatic heterocycles. The number of esters is 2. The van der Waals surface area contributed by atoms with Gasteiger partial charge in [-0.2, -0.15) is 0 Å². The van der Waals surface area contributed by atoms with E-state index in [1.165, 1.54) is 12.1 Å². The number of Topliss-reactive ketones (excluding diaryl/α,β-unsaturated/α-hetero) is 1. The SMILES string of the molecule is [2H]CO[C@@H]1[C@@H](C(O)C(=O)c2ccccc2)OC(OC(C)=O)[C@@H]1OC(C)=O. The van der Waals surface area contributed by atoms with Gasteiger partial charge in [-0.1, -0.05) is 30.3 Å². The molecule has 136 valence electrons. The average molecular weight is 353 g/mol. The van der Waals surface area contributed by atoms with Crippen molar-refractivity contribution in [3.63, 3.8) is 0 Å². The molecular formula is C17H20O8. The highest BCUT2D eigenvalue weighted by molar-refractivity contribution is 5.99. The zero-order valence-corrected chi connectivity index (χ0v) is 13.8. The lowest BCUT2D eigenvalue weighted by Crippen LogP contribution is -2.45. The minimum atomic E-state index is -1.67. The van der Waals surface area contributed by atoms with Gasteiger partial charge in [0.25, 0.3) is 0 Å². The predicted octanol–water partition coefficient (Wildman–Crippen LogP) is 0.465. The number of aliphatic hydroxyl groups is 1. The van der Waals surface area contributed by atoms with E-state index in [9.17, 15) is 19.5 Å². The molecule has 0 radical (unpaired) electrons. The van der Waals surface area contributed by atoms with Gasteiger partial charge in [0.1, 0.15) is 18.3 Å². The Bertz CT molecular complexity index is 649. The zero-order chi connectivity index (χ0) is 19.3. The van der Waals surface area contributed by atoms with E-state index in [0.717, 1.165) is 13.8 Å². The molecule has 0 saturated carbocycles. The summed E-state index contributed by atoms with van der Waals surface area (Å²) in [7, 11) is -0.540. The molecule has 1 aliphatic rings. The topological polar surface area (TPSA) is 108 Å². The summed E-state index contributed by atoms with van der Waals surface area (Å²) in [4.78, 5) is 35.1. The maximum Gasteiger partial charge on any atom is 0.305 e. The van der Waals surface area contributed by atoms with Crippen molar-refractivity contribution in [3.05, 3.63) is 35.9 Å². The number of hydrogen-bond acceptors (Lipinski definition) is 8. The Labute approximate surface area is 146 Å². The summed E-state index contributed by atoms with van der Waals surface area (Å²) in [6.07, 6.45) is -6.71. The third-order valence-corrected chi connectivity index (χ3v) is 3.62. The van der Waals surface area contributed by atoms with E-state index in [4.69, 9.17) is 20.3 Å². The number of ketones is 1. The summed E-state index contributed by atoms with van der Waals surface area (Å²) >= 11 is 0. The number of methoxy groups -OCH3 is 1. The smallest absolute Gasteiger partial charge is 0.305 e. The van der Waals surface area contributed by atoms with Crippen molar-refractivity contribution in [2.75, 3.05) is 7.09 Å². The van der Waals surface area contributed by atoms with Crippen molar-refractivity contribution >= 4 is 17.7 Å². The van der Waals surface area contributed by atoms with Crippen LogP contribution >= 0.6 is 0 Å². The summed E-state index contributed by atoms with van der Waals surface area (Å²) in [6, 6.07) is 8.03. The molecule has 1 saturated heterocycles. The lowest BCUT2D eigenvalue weighted by molar-refractivity contribution is -0.197. The van der Waals surface area contributed by atoms with Crippen LogP contribution in [0.25, 0.3) is 0 Å². The fourth-order valence-corrected chi connectivity index (χ4v) is 2.59. The van der Waals surface area contributed by atoms with Gasteiger partial charge in [0.05, 0.1) is 1.37 Å². The third kappa shape index (κ3) is 4.41. The highest BCUT2D eigenvalue weighted by Gasteiger charge is 2.53. The van der Waals surface area contributed by atoms with Crippen LogP contribution in [0, 0.1) is 0 Å². The van der Waals surface area contributed by atoms with Gasteiger partial charge in [-0.25, -0.2) is 0 Å². The molecular weight excluding hydrogens is 332 g/mol. The molecule has 0 aliphatic carbocycles. The van der Waals surface area contributed by atoms with Crippen LogP contribution in [-0.2, 0) is 28.5 Å². The maximum atomic E-state index is 12.5. The van der Waals surface area contributed by atoms with Crippen LogP contribution in [0.5, 0.6) is 0 Å². The van der Waals surface area contributed by atoms with E-state index in [1.807, 2.05) is 0 Å². The molecule has 8 heteroatoms. The van der Waals surface area contributed by atoms with Crippen molar-refractivity contribution in [3.8, 4) is 0 Å². The quantitative estimate of drug-likeness (QED) is 0.581. The van der Waals surface area contributed by atoms with E-state index < -0.39 is 55.5 Å². The van der Waals surface area contributed by atoms with E-state index in [0.29, 0.717) is 0 Å². The lowest BCUT2D eigenvalue weighted by Gasteiger charge is -2.23. The number of rotatable bonds is 6. The molecule has 0 spiro atoms. The average Bonchev–Trinajstić information content (AvgIpc) is 2.91. The van der Waals surface area contributed by atoms with Crippen LogP contribution in [0.15, 0.2) is 30.3 Å². The molecule has 1 aliphatic heterocycles. The first kappa shape index (κ1) is 17.5. The number of aliphatic hydroxyl groups excluding tert-OH is 1. The van der Waals surface area contributed by atoms with Crippen LogP contribution in [0.2, 0.25) is 0 Å². The third-order valence-electron chi connectivity index (χ3n) is 3.62. The fourth-order valence-electron chi connectivity index (χ4n) is 2.59. The molecule has 1 N–H and O–H groups in total. The molecule has 2 rings (SSSR count). The van der Waals surface area contributed by atoms with Crippen LogP contribution in [-0.4, -0.2) is 60.6 Å². The van der Waals surface area contributed by atoms with E-state index >= 15 is 0 Å². The molecule has 0 bridgehead atoms. The normalized spacial score (nSPS) is 27.2. The van der Waals surface area contributed by atoms with Crippen molar-refractivity contribution in [2.45, 2.75) is 44.6 Å². The summed E-state index contributed by atoms with van der Waals surface area (Å²) in [6.45, 7) is 2.27. The number of hydrogen-bond donors (Lipinski definition) is 1. The Morgan fingerprint density at radius 2 is 1.76 bits per heavy atom. The Hall–Kier alpha value is -2.29. The minimum Gasteiger partial charge on any atom is -0.453 e. The fraction of sp³-hybridized carbons (Fsp3) is 0.471. The number of carbonyl (C=O) groups is 3. The summed E-state index contributed by atoms with van der Waals surface area (Å²) < 4.78 is 28.0. The standard InChI is InChI=1S/C17H20O8/c1-9(18)23-16-15(22-3)14(25-17(16)24-10(2)19)13(21)12(20)11-7-5-4-6-8-11/h4-8,13-17,21H,1-3H3/t13?,14-,15-,16-,17?/m1/s1/i3D. The van der Waals surface area contributed by atoms with Gasteiger partial charge in [0.2, 0.25) is 6.29 Å². The van der Waals surface area contributed by atoms with E-state index in [2.05, 4.69) is 0 Å². The second-order valence-electron chi connectivity index (χ2n) is 5.46. The zero-order valence-electron chi connectivity index (χ0n) is 14.8. The minimum absolute atomic E-state index is 0.244. The van der Waals surface area contributed by atoms with Crippen LogP contribution in [0.3, 0.4) is 0 Å². The molecule has 1 fully saturated rings. The van der Waals surface area contributed by atoms with Gasteiger partial charge >= 0.3 is 11.9 Å². The van der Waals surface area contributed by atoms with Crippen molar-refractivity contribution < 1.29 is 39.8 Å². The van der Waals surface area contributed by atoms with Gasteiger partial charge in [-0.15, -0.1) is 0 Å². The summed E-state index contributed by atoms with van der Waals surface area (Å²) in [5.41, 5.74) is 0.244. The molecule has 0 amide bonds. The number of ether oxygens (including phenoxy) is 4. The van der Waals surface area contributed by atoms with Crippen molar-refractivity contribution in [1.82, 2.24) is 0 Å².